The molecule has 2 N–H and O–H groups in total. The van der Waals surface area contributed by atoms with Gasteiger partial charge in [-0.05, 0) is 57.3 Å². The van der Waals surface area contributed by atoms with Gasteiger partial charge in [0.25, 0.3) is 5.91 Å². The van der Waals surface area contributed by atoms with Crippen molar-refractivity contribution in [1.29, 1.82) is 0 Å². The second kappa shape index (κ2) is 12.5. The molecule has 0 fully saturated rings. The first-order valence-electron chi connectivity index (χ1n) is 10.7. The van der Waals surface area contributed by atoms with Crippen LogP contribution in [0.15, 0.2) is 48.5 Å². The van der Waals surface area contributed by atoms with Crippen molar-refractivity contribution >= 4 is 29.1 Å². The normalized spacial score (nSPS) is 10.5. The topological polar surface area (TPSA) is 91.0 Å². The minimum absolute atomic E-state index is 0.0555. The van der Waals surface area contributed by atoms with Crippen molar-refractivity contribution in [3.05, 3.63) is 54.1 Å². The van der Waals surface area contributed by atoms with Crippen molar-refractivity contribution in [3.8, 4) is 5.75 Å². The largest absolute Gasteiger partial charge is 0.495 e. The molecular weight excluding hydrogens is 408 g/mol. The highest BCUT2D eigenvalue weighted by molar-refractivity contribution is 6.05. The number of benzene rings is 2. The van der Waals surface area contributed by atoms with E-state index in [-0.39, 0.29) is 30.7 Å². The molecule has 0 aliphatic rings. The van der Waals surface area contributed by atoms with Crippen molar-refractivity contribution in [3.63, 3.8) is 0 Å². The van der Waals surface area contributed by atoms with E-state index in [0.29, 0.717) is 42.3 Å². The summed E-state index contributed by atoms with van der Waals surface area (Å²) in [7, 11) is 3.37. The number of hydrogen-bond acceptors (Lipinski definition) is 5. The van der Waals surface area contributed by atoms with Crippen molar-refractivity contribution in [2.45, 2.75) is 20.3 Å². The Kier molecular flexibility index (Phi) is 9.69. The maximum atomic E-state index is 12.5. The highest BCUT2D eigenvalue weighted by atomic mass is 16.5. The van der Waals surface area contributed by atoms with Crippen LogP contribution in [0.1, 0.15) is 30.6 Å². The van der Waals surface area contributed by atoms with Gasteiger partial charge in [-0.15, -0.1) is 0 Å². The van der Waals surface area contributed by atoms with E-state index in [1.807, 2.05) is 37.9 Å². The molecule has 8 nitrogen and oxygen atoms in total. The Labute approximate surface area is 189 Å². The van der Waals surface area contributed by atoms with Gasteiger partial charge in [0.05, 0.1) is 19.3 Å². The number of carbonyl (C=O) groups excluding carboxylic acids is 3. The molecule has 0 heterocycles. The highest BCUT2D eigenvalue weighted by Gasteiger charge is 2.14. The zero-order valence-electron chi connectivity index (χ0n) is 19.2. The quantitative estimate of drug-likeness (QED) is 0.560. The number of rotatable bonds is 11. The molecule has 0 saturated carbocycles. The number of nitrogens with one attached hydrogen (secondary N) is 2. The van der Waals surface area contributed by atoms with Gasteiger partial charge in [0.1, 0.15) is 5.75 Å². The molecule has 0 unspecified atom stereocenters. The lowest BCUT2D eigenvalue weighted by molar-refractivity contribution is -0.132. The van der Waals surface area contributed by atoms with Crippen LogP contribution in [0.3, 0.4) is 0 Å². The second-order valence-electron chi connectivity index (χ2n) is 7.33. The van der Waals surface area contributed by atoms with Crippen LogP contribution in [0.5, 0.6) is 5.75 Å². The molecular formula is C24H32N4O4. The molecule has 0 saturated heterocycles. The summed E-state index contributed by atoms with van der Waals surface area (Å²) in [5.74, 6) is 0.207. The Bertz CT molecular complexity index is 910. The lowest BCUT2D eigenvalue weighted by Crippen LogP contribution is -2.39. The third-order valence-electron chi connectivity index (χ3n) is 5.03. The Morgan fingerprint density at radius 1 is 0.938 bits per heavy atom. The number of methoxy groups -OCH3 is 1. The van der Waals surface area contributed by atoms with Crippen molar-refractivity contribution in [2.24, 2.45) is 0 Å². The SMILES string of the molecule is CCN(CC)C(=O)CN(C)CCC(=O)Nc1ccc(C(=O)Nc2ccccc2OC)cc1. The van der Waals surface area contributed by atoms with E-state index >= 15 is 0 Å². The van der Waals surface area contributed by atoms with Crippen molar-refractivity contribution in [1.82, 2.24) is 9.80 Å². The molecule has 0 spiro atoms. The summed E-state index contributed by atoms with van der Waals surface area (Å²) in [4.78, 5) is 40.5. The molecule has 0 atom stereocenters. The molecule has 0 bridgehead atoms. The Hall–Kier alpha value is -3.39. The molecule has 3 amide bonds. The molecule has 2 aromatic carbocycles. The number of ether oxygens (including phenoxy) is 1. The molecule has 8 heteroatoms. The maximum absolute atomic E-state index is 12.5. The van der Waals surface area contributed by atoms with Gasteiger partial charge in [-0.3, -0.25) is 19.3 Å². The van der Waals surface area contributed by atoms with Gasteiger partial charge in [0.15, 0.2) is 0 Å². The molecule has 2 rings (SSSR count). The third kappa shape index (κ3) is 7.39. The van der Waals surface area contributed by atoms with E-state index in [1.165, 1.54) is 0 Å². The van der Waals surface area contributed by atoms with Gasteiger partial charge in [-0.2, -0.15) is 0 Å². The molecule has 0 aliphatic carbocycles. The van der Waals surface area contributed by atoms with Crippen LogP contribution in [-0.4, -0.2) is 67.9 Å². The minimum atomic E-state index is -0.271. The first-order chi connectivity index (χ1) is 15.4. The summed E-state index contributed by atoms with van der Waals surface area (Å²) in [5.41, 5.74) is 1.65. The predicted molar refractivity (Wildman–Crippen MR) is 126 cm³/mol. The Morgan fingerprint density at radius 2 is 1.59 bits per heavy atom. The number of anilines is 2. The average molecular weight is 441 g/mol. The van der Waals surface area contributed by atoms with Gasteiger partial charge < -0.3 is 20.3 Å². The van der Waals surface area contributed by atoms with Gasteiger partial charge in [0.2, 0.25) is 11.8 Å². The number of para-hydroxylation sites is 2. The Morgan fingerprint density at radius 3 is 2.22 bits per heavy atom. The standard InChI is InChI=1S/C24H32N4O4/c1-5-28(6-2)23(30)17-27(3)16-15-22(29)25-19-13-11-18(12-14-19)24(31)26-20-9-7-8-10-21(20)32-4/h7-14H,5-6,15-17H2,1-4H3,(H,25,29)(H,26,31). The summed E-state index contributed by atoms with van der Waals surface area (Å²) in [6.07, 6.45) is 0.262. The van der Waals surface area contributed by atoms with Crippen LogP contribution in [0.4, 0.5) is 11.4 Å². The van der Waals surface area contributed by atoms with E-state index in [2.05, 4.69) is 10.6 Å². The van der Waals surface area contributed by atoms with Crippen LogP contribution in [0.25, 0.3) is 0 Å². The summed E-state index contributed by atoms with van der Waals surface area (Å²) in [6, 6.07) is 13.8. The third-order valence-corrected chi connectivity index (χ3v) is 5.03. The second-order valence-corrected chi connectivity index (χ2v) is 7.33. The summed E-state index contributed by atoms with van der Waals surface area (Å²) in [5, 5.41) is 5.63. The minimum Gasteiger partial charge on any atom is -0.495 e. The lowest BCUT2D eigenvalue weighted by atomic mass is 10.2. The fraction of sp³-hybridized carbons (Fsp3) is 0.375. The fourth-order valence-corrected chi connectivity index (χ4v) is 3.15. The number of hydrogen-bond donors (Lipinski definition) is 2. The molecule has 2 aromatic rings. The summed E-state index contributed by atoms with van der Waals surface area (Å²) in [6.45, 7) is 6.00. The lowest BCUT2D eigenvalue weighted by Gasteiger charge is -2.22. The Balaban J connectivity index is 1.83. The number of nitrogens with zero attached hydrogens (tertiary/aromatic N) is 2. The average Bonchev–Trinajstić information content (AvgIpc) is 2.79. The summed E-state index contributed by atoms with van der Waals surface area (Å²) < 4.78 is 5.24. The molecule has 0 aliphatic heterocycles. The zero-order valence-corrected chi connectivity index (χ0v) is 19.2. The van der Waals surface area contributed by atoms with Crippen LogP contribution < -0.4 is 15.4 Å². The molecule has 0 aromatic heterocycles. The first kappa shape index (κ1) is 24.9. The van der Waals surface area contributed by atoms with E-state index in [9.17, 15) is 14.4 Å². The van der Waals surface area contributed by atoms with Gasteiger partial charge in [-0.1, -0.05) is 12.1 Å². The van der Waals surface area contributed by atoms with Crippen LogP contribution in [-0.2, 0) is 9.59 Å². The molecule has 0 radical (unpaired) electrons. The molecule has 32 heavy (non-hydrogen) atoms. The van der Waals surface area contributed by atoms with Crippen LogP contribution >= 0.6 is 0 Å². The monoisotopic (exact) mass is 440 g/mol. The fourth-order valence-electron chi connectivity index (χ4n) is 3.15. The highest BCUT2D eigenvalue weighted by Crippen LogP contribution is 2.23. The van der Waals surface area contributed by atoms with Gasteiger partial charge >= 0.3 is 0 Å². The number of likely N-dealkylation sites (N-methyl/N-ethyl adjacent to an activating group) is 2. The smallest absolute Gasteiger partial charge is 0.255 e. The van der Waals surface area contributed by atoms with Gasteiger partial charge in [0, 0.05) is 37.3 Å². The van der Waals surface area contributed by atoms with Crippen molar-refractivity contribution < 1.29 is 19.1 Å². The van der Waals surface area contributed by atoms with E-state index in [4.69, 9.17) is 4.74 Å². The number of carbonyl (C=O) groups is 3. The predicted octanol–water partition coefficient (Wildman–Crippen LogP) is 3.08. The molecule has 172 valence electrons. The number of amides is 3. The van der Waals surface area contributed by atoms with Crippen molar-refractivity contribution in [2.75, 3.05) is 51.0 Å². The van der Waals surface area contributed by atoms with Crippen LogP contribution in [0, 0.1) is 0 Å². The maximum Gasteiger partial charge on any atom is 0.255 e. The van der Waals surface area contributed by atoms with E-state index in [1.54, 1.807) is 48.4 Å². The summed E-state index contributed by atoms with van der Waals surface area (Å²) >= 11 is 0. The van der Waals surface area contributed by atoms with E-state index in [0.717, 1.165) is 0 Å². The van der Waals surface area contributed by atoms with Gasteiger partial charge in [-0.25, -0.2) is 0 Å². The zero-order chi connectivity index (χ0) is 23.5. The first-order valence-corrected chi connectivity index (χ1v) is 10.7. The van der Waals surface area contributed by atoms with E-state index < -0.39 is 0 Å². The van der Waals surface area contributed by atoms with Crippen LogP contribution in [0.2, 0.25) is 0 Å².